The predicted molar refractivity (Wildman–Crippen MR) is 165 cm³/mol. The van der Waals surface area contributed by atoms with Gasteiger partial charge in [-0.25, -0.2) is 0 Å². The monoisotopic (exact) mass is 662 g/mol. The van der Waals surface area contributed by atoms with Crippen LogP contribution in [0.25, 0.3) is 34.4 Å². The number of aryl methyl sites for hydroxylation is 2. The van der Waals surface area contributed by atoms with Crippen molar-refractivity contribution in [2.24, 2.45) is 0 Å². The van der Waals surface area contributed by atoms with Gasteiger partial charge < -0.3 is 0 Å². The molecule has 0 nitrogen and oxygen atoms in total. The van der Waals surface area contributed by atoms with Crippen molar-refractivity contribution in [2.75, 3.05) is 0 Å². The van der Waals surface area contributed by atoms with Crippen LogP contribution < -0.4 is 0 Å². The standard InChI is InChI=1S/2C16H13.C3H6.2CH3.Hf/c2*1-12-8-10-14(11-9-12)16-7-3-5-13-4-2-6-15(13)16;1-3-2;;;/h2*2-11H,1H3;1-2H3;2*1H3;. The van der Waals surface area contributed by atoms with Crippen molar-refractivity contribution in [2.45, 2.75) is 44.4 Å². The second kappa shape index (κ2) is 9.09. The van der Waals surface area contributed by atoms with Gasteiger partial charge in [-0.15, -0.1) is 0 Å². The zero-order valence-electron chi connectivity index (χ0n) is 23.5. The fourth-order valence-electron chi connectivity index (χ4n) is 7.01. The molecule has 0 radical (unpaired) electrons. The van der Waals surface area contributed by atoms with E-state index in [1.165, 1.54) is 55.6 Å². The molecule has 0 heterocycles. The van der Waals surface area contributed by atoms with E-state index < -0.39 is 18.0 Å². The van der Waals surface area contributed by atoms with Gasteiger partial charge in [-0.2, -0.15) is 0 Å². The molecule has 0 aliphatic heterocycles. The van der Waals surface area contributed by atoms with Gasteiger partial charge in [0.15, 0.2) is 0 Å². The van der Waals surface area contributed by atoms with Crippen molar-refractivity contribution < 1.29 is 18.0 Å². The van der Waals surface area contributed by atoms with E-state index >= 15 is 0 Å². The molecule has 0 fully saturated rings. The van der Waals surface area contributed by atoms with Crippen LogP contribution in [0.2, 0.25) is 9.36 Å². The molecule has 0 saturated heterocycles. The van der Waals surface area contributed by atoms with E-state index in [2.05, 4.69) is 146 Å². The average molecular weight is 661 g/mol. The first-order chi connectivity index (χ1) is 18.2. The molecule has 2 aliphatic rings. The second-order valence-electron chi connectivity index (χ2n) is 12.6. The topological polar surface area (TPSA) is 0 Å². The van der Waals surface area contributed by atoms with Crippen LogP contribution >= 0.6 is 0 Å². The van der Waals surface area contributed by atoms with Gasteiger partial charge in [0.05, 0.1) is 0 Å². The van der Waals surface area contributed by atoms with Gasteiger partial charge in [-0.3, -0.25) is 0 Å². The molecule has 4 aromatic rings. The third kappa shape index (κ3) is 3.77. The van der Waals surface area contributed by atoms with Crippen LogP contribution in [0.15, 0.2) is 97.1 Å². The van der Waals surface area contributed by atoms with Crippen molar-refractivity contribution in [3.8, 4) is 22.3 Å². The van der Waals surface area contributed by atoms with Gasteiger partial charge in [0, 0.05) is 0 Å². The summed E-state index contributed by atoms with van der Waals surface area (Å²) in [6, 6.07) is 32.0. The molecule has 2 unspecified atom stereocenters. The SMILES string of the molecule is C[C](C)=[Hf]([CH3])([CH3])([CH]1C=Cc2c(-c3ccc(C)cc3)cccc21)[CH]1C=Cc2c(-c3ccc(C)cc3)cccc21. The van der Waals surface area contributed by atoms with Crippen molar-refractivity contribution in [1.29, 1.82) is 0 Å². The Kier molecular flexibility index (Phi) is 6.07. The molecule has 0 bridgehead atoms. The molecule has 4 aromatic carbocycles. The van der Waals surface area contributed by atoms with Crippen LogP contribution in [-0.4, -0.2) is 3.26 Å². The van der Waals surface area contributed by atoms with E-state index in [-0.39, 0.29) is 0 Å². The summed E-state index contributed by atoms with van der Waals surface area (Å²) < 4.78 is 8.09. The number of benzene rings is 4. The summed E-state index contributed by atoms with van der Waals surface area (Å²) in [5, 5.41) is 0. The predicted octanol–water partition coefficient (Wildman–Crippen LogP) is 10.5. The number of allylic oxidation sites excluding steroid dienone is 2. The summed E-state index contributed by atoms with van der Waals surface area (Å²) in [6.45, 7) is 9.18. The van der Waals surface area contributed by atoms with Crippen LogP contribution in [0.1, 0.15) is 54.6 Å². The van der Waals surface area contributed by atoms with Crippen molar-refractivity contribution in [3.63, 3.8) is 0 Å². The van der Waals surface area contributed by atoms with Gasteiger partial charge in [0.1, 0.15) is 0 Å². The Morgan fingerprint density at radius 2 is 0.947 bits per heavy atom. The molecule has 0 amide bonds. The fourth-order valence-corrected chi connectivity index (χ4v) is 26.5. The zero-order chi connectivity index (χ0) is 26.7. The first-order valence-electron chi connectivity index (χ1n) is 13.9. The number of fused-ring (bicyclic) bond motifs is 2. The van der Waals surface area contributed by atoms with Crippen molar-refractivity contribution >= 4 is 15.4 Å². The molecule has 190 valence electrons. The zero-order valence-corrected chi connectivity index (χ0v) is 27.1. The van der Waals surface area contributed by atoms with E-state index in [0.717, 1.165) is 0 Å². The van der Waals surface area contributed by atoms with E-state index in [0.29, 0.717) is 7.35 Å². The Balaban J connectivity index is 1.50. The molecule has 2 aliphatic carbocycles. The number of hydrogen-bond donors (Lipinski definition) is 0. The Morgan fingerprint density at radius 1 is 0.553 bits per heavy atom. The van der Waals surface area contributed by atoms with Crippen LogP contribution in [0.5, 0.6) is 0 Å². The summed E-state index contributed by atoms with van der Waals surface area (Å²) in [5.41, 5.74) is 13.9. The maximum atomic E-state index is 2.72. The molecule has 0 aromatic heterocycles. The Labute approximate surface area is 229 Å². The van der Waals surface area contributed by atoms with Gasteiger partial charge in [0.2, 0.25) is 0 Å². The Morgan fingerprint density at radius 3 is 1.32 bits per heavy atom. The average Bonchev–Trinajstić information content (AvgIpc) is 3.55. The number of rotatable bonds is 4. The van der Waals surface area contributed by atoms with E-state index in [9.17, 15) is 0 Å². The van der Waals surface area contributed by atoms with Crippen LogP contribution in [0, 0.1) is 13.8 Å². The van der Waals surface area contributed by atoms with Gasteiger partial charge in [0.25, 0.3) is 0 Å². The van der Waals surface area contributed by atoms with Gasteiger partial charge in [-0.05, 0) is 0 Å². The molecular weight excluding hydrogens is 623 g/mol. The normalized spacial score (nSPS) is 18.0. The Hall–Kier alpha value is -2.90. The first kappa shape index (κ1) is 25.4. The quantitative estimate of drug-likeness (QED) is 0.191. The second-order valence-corrected chi connectivity index (χ2v) is 39.4. The molecule has 38 heavy (non-hydrogen) atoms. The van der Waals surface area contributed by atoms with Crippen LogP contribution in [0.3, 0.4) is 0 Å². The van der Waals surface area contributed by atoms with Crippen molar-refractivity contribution in [1.82, 2.24) is 0 Å². The number of hydrogen-bond acceptors (Lipinski definition) is 0. The maximum absolute atomic E-state index is 3.83. The molecular formula is C37H38Hf. The molecule has 2 atom stereocenters. The van der Waals surface area contributed by atoms with Gasteiger partial charge in [-0.1, -0.05) is 0 Å². The fraction of sp³-hybridized carbons (Fsp3) is 0.216. The minimum atomic E-state index is -3.83. The molecule has 0 saturated carbocycles. The summed E-state index contributed by atoms with van der Waals surface area (Å²) in [7, 11) is 0. The summed E-state index contributed by atoms with van der Waals surface area (Å²) in [5.74, 6) is 0. The molecule has 6 rings (SSSR count). The van der Waals surface area contributed by atoms with Crippen LogP contribution in [-0.2, 0) is 18.0 Å². The van der Waals surface area contributed by atoms with E-state index in [1.54, 1.807) is 3.26 Å². The van der Waals surface area contributed by atoms with Gasteiger partial charge >= 0.3 is 231 Å². The third-order valence-corrected chi connectivity index (χ3v) is 38.8. The summed E-state index contributed by atoms with van der Waals surface area (Å²) in [6.07, 6.45) is 10.0. The first-order valence-corrected chi connectivity index (χ1v) is 27.1. The minimum absolute atomic E-state index is 0.487. The van der Waals surface area contributed by atoms with E-state index in [1.807, 2.05) is 0 Å². The van der Waals surface area contributed by atoms with Crippen molar-refractivity contribution in [3.05, 3.63) is 130 Å². The summed E-state index contributed by atoms with van der Waals surface area (Å²) in [4.78, 5) is 0. The van der Waals surface area contributed by atoms with Crippen LogP contribution in [0.4, 0.5) is 0 Å². The summed E-state index contributed by atoms with van der Waals surface area (Å²) >= 11 is -3.83. The Bertz CT molecular complexity index is 1560. The molecule has 1 heteroatoms. The molecule has 0 N–H and O–H groups in total. The van der Waals surface area contributed by atoms with E-state index in [4.69, 9.17) is 0 Å². The molecule has 0 spiro atoms. The third-order valence-electron chi connectivity index (χ3n) is 10.1.